The molecule has 104 valence electrons. The normalized spacial score (nSPS) is 12.4. The van der Waals surface area contributed by atoms with Crippen molar-refractivity contribution in [3.8, 4) is 16.9 Å². The van der Waals surface area contributed by atoms with Crippen LogP contribution in [0.4, 0.5) is 0 Å². The van der Waals surface area contributed by atoms with Crippen molar-refractivity contribution >= 4 is 10.9 Å². The third-order valence-electron chi connectivity index (χ3n) is 4.47. The average Bonchev–Trinajstić information content (AvgIpc) is 3.10. The molecule has 4 aromatic rings. The summed E-state index contributed by atoms with van der Waals surface area (Å²) >= 11 is 0. The van der Waals surface area contributed by atoms with Crippen LogP contribution >= 0.6 is 0 Å². The Morgan fingerprint density at radius 3 is 2.55 bits per heavy atom. The van der Waals surface area contributed by atoms with Gasteiger partial charge in [0.15, 0.2) is 0 Å². The summed E-state index contributed by atoms with van der Waals surface area (Å²) < 4.78 is 2.38. The van der Waals surface area contributed by atoms with Crippen LogP contribution in [0.1, 0.15) is 11.3 Å². The van der Waals surface area contributed by atoms with E-state index in [0.29, 0.717) is 0 Å². The summed E-state index contributed by atoms with van der Waals surface area (Å²) in [5.41, 5.74) is 7.59. The van der Waals surface area contributed by atoms with Crippen molar-refractivity contribution in [2.75, 3.05) is 0 Å². The minimum Gasteiger partial charge on any atom is -0.313 e. The smallest absolute Gasteiger partial charge is 0.0762 e. The van der Waals surface area contributed by atoms with Crippen LogP contribution in [0.25, 0.3) is 27.8 Å². The van der Waals surface area contributed by atoms with Crippen LogP contribution in [-0.4, -0.2) is 9.55 Å². The number of para-hydroxylation sites is 2. The van der Waals surface area contributed by atoms with Gasteiger partial charge in [0.25, 0.3) is 0 Å². The second kappa shape index (κ2) is 4.31. The molecule has 0 radical (unpaired) electrons. The van der Waals surface area contributed by atoms with Gasteiger partial charge in [-0.05, 0) is 29.8 Å². The molecule has 2 heteroatoms. The molecule has 0 spiro atoms. The second-order valence-corrected chi connectivity index (χ2v) is 5.70. The SMILES string of the molecule is c1ccc(-n2c3c(c4ccccc42)-c2ncccc2C3)cc1. The van der Waals surface area contributed by atoms with Gasteiger partial charge in [0.05, 0.1) is 11.2 Å². The zero-order valence-electron chi connectivity index (χ0n) is 12.0. The van der Waals surface area contributed by atoms with E-state index in [1.807, 2.05) is 12.3 Å². The maximum Gasteiger partial charge on any atom is 0.0762 e. The van der Waals surface area contributed by atoms with Gasteiger partial charge in [0.2, 0.25) is 0 Å². The average molecular weight is 282 g/mol. The van der Waals surface area contributed by atoms with E-state index in [4.69, 9.17) is 0 Å². The fourth-order valence-electron chi connectivity index (χ4n) is 3.58. The van der Waals surface area contributed by atoms with Crippen molar-refractivity contribution in [2.45, 2.75) is 6.42 Å². The quantitative estimate of drug-likeness (QED) is 0.439. The van der Waals surface area contributed by atoms with E-state index < -0.39 is 0 Å². The molecule has 0 unspecified atom stereocenters. The lowest BCUT2D eigenvalue weighted by Gasteiger charge is -2.09. The summed E-state index contributed by atoms with van der Waals surface area (Å²) in [7, 11) is 0. The van der Waals surface area contributed by atoms with Crippen LogP contribution in [0.3, 0.4) is 0 Å². The minimum atomic E-state index is 0.947. The molecule has 2 aromatic heterocycles. The van der Waals surface area contributed by atoms with E-state index in [0.717, 1.165) is 12.1 Å². The molecule has 1 aliphatic carbocycles. The second-order valence-electron chi connectivity index (χ2n) is 5.70. The number of nitrogens with zero attached hydrogens (tertiary/aromatic N) is 2. The minimum absolute atomic E-state index is 0.947. The molecule has 0 atom stereocenters. The summed E-state index contributed by atoms with van der Waals surface area (Å²) in [6, 6.07) is 23.4. The monoisotopic (exact) mass is 282 g/mol. The number of rotatable bonds is 1. The topological polar surface area (TPSA) is 17.8 Å². The van der Waals surface area contributed by atoms with E-state index >= 15 is 0 Å². The number of fused-ring (bicyclic) bond motifs is 5. The number of hydrogen-bond donors (Lipinski definition) is 0. The van der Waals surface area contributed by atoms with E-state index in [1.54, 1.807) is 0 Å². The molecule has 0 N–H and O–H groups in total. The molecule has 0 saturated heterocycles. The molecule has 5 rings (SSSR count). The molecule has 1 aliphatic rings. The van der Waals surface area contributed by atoms with Gasteiger partial charge in [0.1, 0.15) is 0 Å². The largest absolute Gasteiger partial charge is 0.313 e. The standard InChI is InChI=1S/C20H14N2/c1-2-8-15(9-3-1)22-17-11-5-4-10-16(17)19-18(22)13-14-7-6-12-21-20(14)19/h1-12H,13H2. The Bertz CT molecular complexity index is 982. The lowest BCUT2D eigenvalue weighted by atomic mass is 10.1. The van der Waals surface area contributed by atoms with Gasteiger partial charge in [0, 0.05) is 34.9 Å². The zero-order valence-corrected chi connectivity index (χ0v) is 12.0. The predicted molar refractivity (Wildman–Crippen MR) is 89.3 cm³/mol. The first kappa shape index (κ1) is 11.8. The van der Waals surface area contributed by atoms with Gasteiger partial charge >= 0.3 is 0 Å². The van der Waals surface area contributed by atoms with E-state index in [9.17, 15) is 0 Å². The van der Waals surface area contributed by atoms with Gasteiger partial charge in [-0.2, -0.15) is 0 Å². The van der Waals surface area contributed by atoms with Gasteiger partial charge in [-0.3, -0.25) is 4.98 Å². The summed E-state index contributed by atoms with van der Waals surface area (Å²) in [5.74, 6) is 0. The summed E-state index contributed by atoms with van der Waals surface area (Å²) in [4.78, 5) is 4.64. The van der Waals surface area contributed by atoms with E-state index in [2.05, 4.69) is 70.2 Å². The Balaban J connectivity index is 1.93. The van der Waals surface area contributed by atoms with Crippen LogP contribution in [0.5, 0.6) is 0 Å². The first-order valence-electron chi connectivity index (χ1n) is 7.55. The molecule has 22 heavy (non-hydrogen) atoms. The molecule has 0 aliphatic heterocycles. The number of hydrogen-bond acceptors (Lipinski definition) is 1. The van der Waals surface area contributed by atoms with Gasteiger partial charge in [-0.15, -0.1) is 0 Å². The summed E-state index contributed by atoms with van der Waals surface area (Å²) in [6.07, 6.45) is 2.84. The lowest BCUT2D eigenvalue weighted by molar-refractivity contribution is 1.01. The Labute approximate surface area is 128 Å². The molecular formula is C20H14N2. The van der Waals surface area contributed by atoms with Crippen LogP contribution in [-0.2, 0) is 6.42 Å². The highest BCUT2D eigenvalue weighted by molar-refractivity contribution is 6.01. The first-order valence-corrected chi connectivity index (χ1v) is 7.55. The van der Waals surface area contributed by atoms with Crippen LogP contribution in [0.2, 0.25) is 0 Å². The van der Waals surface area contributed by atoms with Gasteiger partial charge in [-0.1, -0.05) is 42.5 Å². The molecule has 0 bridgehead atoms. The summed E-state index contributed by atoms with van der Waals surface area (Å²) in [5, 5.41) is 1.29. The maximum absolute atomic E-state index is 4.64. The van der Waals surface area contributed by atoms with Crippen molar-refractivity contribution in [1.82, 2.24) is 9.55 Å². The molecule has 2 aromatic carbocycles. The van der Waals surface area contributed by atoms with Gasteiger partial charge in [-0.25, -0.2) is 0 Å². The first-order chi connectivity index (χ1) is 10.9. The Morgan fingerprint density at radius 2 is 1.64 bits per heavy atom. The number of aromatic nitrogens is 2. The molecule has 2 heterocycles. The van der Waals surface area contributed by atoms with Crippen molar-refractivity contribution < 1.29 is 0 Å². The molecule has 0 saturated carbocycles. The summed E-state index contributed by atoms with van der Waals surface area (Å²) in [6.45, 7) is 0. The highest BCUT2D eigenvalue weighted by Crippen LogP contribution is 2.43. The van der Waals surface area contributed by atoms with Crippen LogP contribution in [0.15, 0.2) is 72.9 Å². The number of pyridine rings is 1. The molecule has 0 fully saturated rings. The van der Waals surface area contributed by atoms with E-state index in [1.165, 1.54) is 33.4 Å². The maximum atomic E-state index is 4.64. The van der Waals surface area contributed by atoms with Crippen LogP contribution < -0.4 is 0 Å². The van der Waals surface area contributed by atoms with E-state index in [-0.39, 0.29) is 0 Å². The fraction of sp³-hybridized carbons (Fsp3) is 0.0500. The third-order valence-corrected chi connectivity index (χ3v) is 4.47. The van der Waals surface area contributed by atoms with Gasteiger partial charge < -0.3 is 4.57 Å². The lowest BCUT2D eigenvalue weighted by Crippen LogP contribution is -1.98. The number of benzene rings is 2. The highest BCUT2D eigenvalue weighted by Gasteiger charge is 2.27. The Morgan fingerprint density at radius 1 is 0.818 bits per heavy atom. The Hall–Kier alpha value is -2.87. The van der Waals surface area contributed by atoms with Crippen molar-refractivity contribution in [1.29, 1.82) is 0 Å². The Kier molecular flexibility index (Phi) is 2.30. The highest BCUT2D eigenvalue weighted by atomic mass is 15.0. The van der Waals surface area contributed by atoms with Crippen LogP contribution in [0, 0.1) is 0 Å². The molecule has 2 nitrogen and oxygen atoms in total. The van der Waals surface area contributed by atoms with Crippen molar-refractivity contribution in [3.05, 3.63) is 84.2 Å². The predicted octanol–water partition coefficient (Wildman–Crippen LogP) is 4.60. The molecular weight excluding hydrogens is 268 g/mol. The fourth-order valence-corrected chi connectivity index (χ4v) is 3.58. The van der Waals surface area contributed by atoms with Crippen molar-refractivity contribution in [3.63, 3.8) is 0 Å². The third kappa shape index (κ3) is 1.47. The van der Waals surface area contributed by atoms with Crippen molar-refractivity contribution in [2.24, 2.45) is 0 Å². The zero-order chi connectivity index (χ0) is 14.5. The molecule has 0 amide bonds.